The third-order valence-electron chi connectivity index (χ3n) is 5.30. The average Bonchev–Trinajstić information content (AvgIpc) is 3.24. The number of carbonyl (C=O) groups excluding carboxylic acids is 2. The van der Waals surface area contributed by atoms with Gasteiger partial charge in [0.2, 0.25) is 5.91 Å². The Morgan fingerprint density at radius 3 is 2.47 bits per heavy atom. The van der Waals surface area contributed by atoms with Crippen LogP contribution in [0.25, 0.3) is 0 Å². The van der Waals surface area contributed by atoms with E-state index in [0.717, 1.165) is 25.2 Å². The lowest BCUT2D eigenvalue weighted by atomic mass is 10.1. The monoisotopic (exact) mass is 448 g/mol. The number of anilines is 2. The summed E-state index contributed by atoms with van der Waals surface area (Å²) in [4.78, 5) is 33.9. The topological polar surface area (TPSA) is 74.8 Å². The number of morpholine rings is 1. The Morgan fingerprint density at radius 1 is 1.07 bits per heavy atom. The fraction of sp³-hybridized carbons (Fsp3) is 0.381. The van der Waals surface area contributed by atoms with Crippen LogP contribution in [-0.2, 0) is 9.53 Å². The number of hydrogen-bond acceptors (Lipinski definition) is 5. The van der Waals surface area contributed by atoms with Crippen LogP contribution in [0.3, 0.4) is 0 Å². The molecule has 2 fully saturated rings. The molecule has 3 heterocycles. The van der Waals surface area contributed by atoms with E-state index < -0.39 is 6.04 Å². The van der Waals surface area contributed by atoms with Crippen molar-refractivity contribution in [3.63, 3.8) is 0 Å². The van der Waals surface area contributed by atoms with E-state index in [1.165, 1.54) is 0 Å². The van der Waals surface area contributed by atoms with Crippen molar-refractivity contribution in [1.29, 1.82) is 0 Å². The summed E-state index contributed by atoms with van der Waals surface area (Å²) >= 11 is 12.0. The normalized spacial score (nSPS) is 19.1. The molecule has 0 saturated carbocycles. The van der Waals surface area contributed by atoms with Gasteiger partial charge in [-0.3, -0.25) is 9.59 Å². The molecule has 30 heavy (non-hydrogen) atoms. The smallest absolute Gasteiger partial charge is 0.254 e. The van der Waals surface area contributed by atoms with Crippen molar-refractivity contribution < 1.29 is 14.3 Å². The number of benzene rings is 1. The van der Waals surface area contributed by atoms with Gasteiger partial charge < -0.3 is 19.9 Å². The predicted molar refractivity (Wildman–Crippen MR) is 116 cm³/mol. The molecule has 9 heteroatoms. The molecule has 1 N–H and O–H groups in total. The van der Waals surface area contributed by atoms with E-state index in [4.69, 9.17) is 27.9 Å². The summed E-state index contributed by atoms with van der Waals surface area (Å²) in [6, 6.07) is 7.85. The highest BCUT2D eigenvalue weighted by Gasteiger charge is 2.35. The molecular weight excluding hydrogens is 427 g/mol. The maximum absolute atomic E-state index is 12.9. The van der Waals surface area contributed by atoms with Crippen molar-refractivity contribution in [3.8, 4) is 0 Å². The van der Waals surface area contributed by atoms with Crippen LogP contribution in [0.5, 0.6) is 0 Å². The number of aromatic nitrogens is 1. The molecule has 2 amide bonds. The van der Waals surface area contributed by atoms with Gasteiger partial charge in [0.1, 0.15) is 11.9 Å². The van der Waals surface area contributed by atoms with Crippen LogP contribution in [0, 0.1) is 0 Å². The Bertz CT molecular complexity index is 912. The third-order valence-corrected chi connectivity index (χ3v) is 5.74. The zero-order valence-corrected chi connectivity index (χ0v) is 17.8. The van der Waals surface area contributed by atoms with Gasteiger partial charge in [0.05, 0.1) is 25.1 Å². The molecule has 1 aromatic heterocycles. The van der Waals surface area contributed by atoms with Crippen LogP contribution in [0.4, 0.5) is 11.5 Å². The first kappa shape index (κ1) is 20.9. The molecule has 0 radical (unpaired) electrons. The maximum atomic E-state index is 12.9. The molecule has 0 aliphatic carbocycles. The van der Waals surface area contributed by atoms with Crippen molar-refractivity contribution >= 4 is 46.5 Å². The van der Waals surface area contributed by atoms with Gasteiger partial charge in [0.25, 0.3) is 5.91 Å². The summed E-state index contributed by atoms with van der Waals surface area (Å²) in [7, 11) is 0. The fourth-order valence-electron chi connectivity index (χ4n) is 3.80. The number of rotatable bonds is 4. The summed E-state index contributed by atoms with van der Waals surface area (Å²) in [5.41, 5.74) is 1.37. The zero-order chi connectivity index (χ0) is 21.1. The first-order valence-electron chi connectivity index (χ1n) is 9.88. The van der Waals surface area contributed by atoms with Gasteiger partial charge in [0.15, 0.2) is 0 Å². The molecule has 4 rings (SSSR count). The number of hydrogen-bond donors (Lipinski definition) is 1. The zero-order valence-electron chi connectivity index (χ0n) is 16.3. The van der Waals surface area contributed by atoms with Crippen LogP contribution in [0.15, 0.2) is 36.5 Å². The number of likely N-dealkylation sites (tertiary alicyclic amines) is 1. The van der Waals surface area contributed by atoms with Gasteiger partial charge in [0, 0.05) is 35.2 Å². The molecule has 0 spiro atoms. The van der Waals surface area contributed by atoms with Crippen LogP contribution in [0.2, 0.25) is 10.0 Å². The predicted octanol–water partition coefficient (Wildman–Crippen LogP) is 3.47. The Balaban J connectivity index is 1.42. The van der Waals surface area contributed by atoms with Crippen molar-refractivity contribution in [1.82, 2.24) is 9.88 Å². The quantitative estimate of drug-likeness (QED) is 0.774. The molecule has 1 atom stereocenters. The lowest BCUT2D eigenvalue weighted by Crippen LogP contribution is -2.43. The number of ether oxygens (including phenoxy) is 1. The van der Waals surface area contributed by atoms with E-state index in [-0.39, 0.29) is 11.8 Å². The van der Waals surface area contributed by atoms with Crippen LogP contribution >= 0.6 is 23.2 Å². The molecule has 2 aromatic rings. The first-order chi connectivity index (χ1) is 14.5. The van der Waals surface area contributed by atoms with Crippen molar-refractivity contribution in [2.75, 3.05) is 43.1 Å². The molecular formula is C21H22Cl2N4O3. The number of nitrogens with one attached hydrogen (secondary N) is 1. The van der Waals surface area contributed by atoms with Crippen LogP contribution in [-0.4, -0.2) is 60.6 Å². The summed E-state index contributed by atoms with van der Waals surface area (Å²) in [6.07, 6.45) is 3.09. The average molecular weight is 449 g/mol. The number of pyridine rings is 1. The minimum Gasteiger partial charge on any atom is -0.378 e. The highest BCUT2D eigenvalue weighted by molar-refractivity contribution is 6.35. The van der Waals surface area contributed by atoms with Gasteiger partial charge >= 0.3 is 0 Å². The lowest BCUT2D eigenvalue weighted by molar-refractivity contribution is -0.119. The molecule has 2 aliphatic heterocycles. The molecule has 1 aromatic carbocycles. The van der Waals surface area contributed by atoms with Gasteiger partial charge in [-0.05, 0) is 43.2 Å². The Kier molecular flexibility index (Phi) is 6.41. The number of amides is 2. The molecule has 2 saturated heterocycles. The van der Waals surface area contributed by atoms with E-state index in [2.05, 4.69) is 15.2 Å². The second-order valence-electron chi connectivity index (χ2n) is 7.31. The van der Waals surface area contributed by atoms with Gasteiger partial charge in [-0.15, -0.1) is 0 Å². The van der Waals surface area contributed by atoms with Gasteiger partial charge in [-0.2, -0.15) is 0 Å². The molecule has 0 bridgehead atoms. The van der Waals surface area contributed by atoms with E-state index in [1.54, 1.807) is 35.4 Å². The molecule has 1 unspecified atom stereocenters. The number of nitrogens with zero attached hydrogens (tertiary/aromatic N) is 3. The van der Waals surface area contributed by atoms with Crippen LogP contribution in [0.1, 0.15) is 23.2 Å². The van der Waals surface area contributed by atoms with Gasteiger partial charge in [-0.1, -0.05) is 23.2 Å². The van der Waals surface area contributed by atoms with Gasteiger partial charge in [-0.25, -0.2) is 4.98 Å². The van der Waals surface area contributed by atoms with Crippen molar-refractivity contribution in [3.05, 3.63) is 52.1 Å². The van der Waals surface area contributed by atoms with E-state index in [1.807, 2.05) is 6.07 Å². The number of halogens is 2. The van der Waals surface area contributed by atoms with E-state index >= 15 is 0 Å². The summed E-state index contributed by atoms with van der Waals surface area (Å²) < 4.78 is 5.36. The lowest BCUT2D eigenvalue weighted by Gasteiger charge is -2.28. The molecule has 7 nitrogen and oxygen atoms in total. The molecule has 158 valence electrons. The fourth-order valence-corrected chi connectivity index (χ4v) is 4.33. The van der Waals surface area contributed by atoms with Crippen molar-refractivity contribution in [2.45, 2.75) is 18.9 Å². The highest BCUT2D eigenvalue weighted by Crippen LogP contribution is 2.25. The standard InChI is InChI=1S/C21H22Cl2N4O3/c22-15-10-14(11-16(23)12-15)21(29)27-5-1-2-18(27)20(28)25-19-4-3-17(13-24-19)26-6-8-30-9-7-26/h3-4,10-13,18H,1-2,5-9H2,(H,24,25,28). The number of carbonyl (C=O) groups is 2. The summed E-state index contributed by atoms with van der Waals surface area (Å²) in [5.74, 6) is -0.0459. The second-order valence-corrected chi connectivity index (χ2v) is 8.18. The van der Waals surface area contributed by atoms with E-state index in [0.29, 0.717) is 47.6 Å². The summed E-state index contributed by atoms with van der Waals surface area (Å²) in [5, 5.41) is 3.60. The first-order valence-corrected chi connectivity index (χ1v) is 10.6. The third kappa shape index (κ3) is 4.69. The Hall–Kier alpha value is -2.35. The Morgan fingerprint density at radius 2 is 1.80 bits per heavy atom. The van der Waals surface area contributed by atoms with E-state index in [9.17, 15) is 9.59 Å². The largest absolute Gasteiger partial charge is 0.378 e. The second kappa shape index (κ2) is 9.20. The summed E-state index contributed by atoms with van der Waals surface area (Å²) in [6.45, 7) is 3.54. The SMILES string of the molecule is O=C(Nc1ccc(N2CCOCC2)cn1)C1CCCN1C(=O)c1cc(Cl)cc(Cl)c1. The van der Waals surface area contributed by atoms with Crippen molar-refractivity contribution in [2.24, 2.45) is 0 Å². The molecule has 2 aliphatic rings. The minimum absolute atomic E-state index is 0.249. The minimum atomic E-state index is -0.559. The Labute approximate surface area is 184 Å². The van der Waals surface area contributed by atoms with Crippen LogP contribution < -0.4 is 10.2 Å². The highest BCUT2D eigenvalue weighted by atomic mass is 35.5. The maximum Gasteiger partial charge on any atom is 0.254 e.